The first-order valence-electron chi connectivity index (χ1n) is 7.58. The van der Waals surface area contributed by atoms with E-state index in [0.29, 0.717) is 17.6 Å². The monoisotopic (exact) mass is 330 g/mol. The van der Waals surface area contributed by atoms with Gasteiger partial charge in [0, 0.05) is 23.9 Å². The van der Waals surface area contributed by atoms with Gasteiger partial charge < -0.3 is 24.1 Å². The Bertz CT molecular complexity index is 987. The highest BCUT2D eigenvalue weighted by Gasteiger charge is 2.23. The van der Waals surface area contributed by atoms with Crippen molar-refractivity contribution in [1.29, 1.82) is 0 Å². The van der Waals surface area contributed by atoms with Crippen LogP contribution in [0.4, 0.5) is 0 Å². The fourth-order valence-corrected chi connectivity index (χ4v) is 2.94. The van der Waals surface area contributed by atoms with E-state index in [2.05, 4.69) is 0 Å². The highest BCUT2D eigenvalue weighted by atomic mass is 16.5. The Kier molecular flexibility index (Phi) is 3.97. The summed E-state index contributed by atoms with van der Waals surface area (Å²) in [6.07, 6.45) is 1.45. The number of hydrogen-bond acceptors (Lipinski definition) is 6. The van der Waals surface area contributed by atoms with E-state index in [1.165, 1.54) is 32.4 Å². The molecule has 0 atom stereocenters. The van der Waals surface area contributed by atoms with Crippen molar-refractivity contribution in [3.8, 4) is 23.0 Å². The molecule has 3 rings (SSSR count). The quantitative estimate of drug-likeness (QED) is 0.713. The van der Waals surface area contributed by atoms with Crippen LogP contribution in [0.2, 0.25) is 0 Å². The molecule has 0 unspecified atom stereocenters. The number of phenols is 1. The summed E-state index contributed by atoms with van der Waals surface area (Å²) >= 11 is 0. The zero-order chi connectivity index (χ0) is 17.4. The summed E-state index contributed by atoms with van der Waals surface area (Å²) in [6, 6.07) is 4.09. The SMILES string of the molecule is CCCc1cc(O)c2c(O)c3c(OC)cc(=O)cc3c(OC)c2o1. The molecule has 0 aliphatic carbocycles. The standard InChI is InChI=1S/C18H18O6/c1-4-5-10-8-12(20)15-16(21)14-11(17(23-3)18(15)24-10)6-9(19)7-13(14)22-2/h6-8,20-21H,4-5H2,1-3H3. The summed E-state index contributed by atoms with van der Waals surface area (Å²) in [4.78, 5) is 11.9. The van der Waals surface area contributed by atoms with Gasteiger partial charge in [0.05, 0.1) is 19.6 Å². The van der Waals surface area contributed by atoms with E-state index in [0.717, 1.165) is 6.42 Å². The van der Waals surface area contributed by atoms with E-state index in [1.807, 2.05) is 6.92 Å². The minimum atomic E-state index is -0.287. The molecule has 0 aliphatic heterocycles. The Labute approximate surface area is 137 Å². The van der Waals surface area contributed by atoms with E-state index >= 15 is 0 Å². The van der Waals surface area contributed by atoms with Crippen LogP contribution in [0.5, 0.6) is 23.0 Å². The fraction of sp³-hybridized carbons (Fsp3) is 0.278. The Morgan fingerprint density at radius 3 is 2.46 bits per heavy atom. The topological polar surface area (TPSA) is 89.1 Å². The lowest BCUT2D eigenvalue weighted by molar-refractivity contribution is 0.402. The van der Waals surface area contributed by atoms with E-state index in [4.69, 9.17) is 13.9 Å². The number of ether oxygens (including phenoxy) is 2. The summed E-state index contributed by atoms with van der Waals surface area (Å²) in [7, 11) is 2.84. The highest BCUT2D eigenvalue weighted by Crippen LogP contribution is 2.48. The van der Waals surface area contributed by atoms with E-state index in [1.54, 1.807) is 0 Å². The molecular weight excluding hydrogens is 312 g/mol. The molecule has 0 fully saturated rings. The van der Waals surface area contributed by atoms with Crippen molar-refractivity contribution in [2.75, 3.05) is 14.2 Å². The third-order valence-electron chi connectivity index (χ3n) is 3.93. The van der Waals surface area contributed by atoms with Crippen LogP contribution in [-0.2, 0) is 6.42 Å². The Morgan fingerprint density at radius 2 is 1.83 bits per heavy atom. The average Bonchev–Trinajstić information content (AvgIpc) is 2.54. The molecule has 0 bridgehead atoms. The molecule has 0 aliphatic rings. The van der Waals surface area contributed by atoms with E-state index < -0.39 is 0 Å². The summed E-state index contributed by atoms with van der Waals surface area (Å²) in [6.45, 7) is 1.99. The zero-order valence-corrected chi connectivity index (χ0v) is 13.7. The molecule has 2 aromatic carbocycles. The van der Waals surface area contributed by atoms with Crippen molar-refractivity contribution in [1.82, 2.24) is 0 Å². The first-order valence-corrected chi connectivity index (χ1v) is 7.58. The van der Waals surface area contributed by atoms with Gasteiger partial charge in [-0.25, -0.2) is 0 Å². The Hall–Kier alpha value is -2.89. The summed E-state index contributed by atoms with van der Waals surface area (Å²) in [5.74, 6) is 0.687. The number of benzene rings is 2. The molecule has 6 nitrogen and oxygen atoms in total. The smallest absolute Gasteiger partial charge is 0.184 e. The average molecular weight is 330 g/mol. The second-order valence-corrected chi connectivity index (χ2v) is 5.48. The fourth-order valence-electron chi connectivity index (χ4n) is 2.94. The summed E-state index contributed by atoms with van der Waals surface area (Å²) < 4.78 is 16.5. The minimum Gasteiger partial charge on any atom is -0.507 e. The van der Waals surface area contributed by atoms with Crippen LogP contribution in [0.25, 0.3) is 21.7 Å². The van der Waals surface area contributed by atoms with Gasteiger partial charge in [-0.15, -0.1) is 0 Å². The van der Waals surface area contributed by atoms with Crippen LogP contribution >= 0.6 is 0 Å². The van der Waals surface area contributed by atoms with Crippen LogP contribution < -0.4 is 14.9 Å². The predicted molar refractivity (Wildman–Crippen MR) is 90.4 cm³/mol. The summed E-state index contributed by atoms with van der Waals surface area (Å²) in [5, 5.41) is 21.8. The lowest BCUT2D eigenvalue weighted by Crippen LogP contribution is -2.01. The number of phenolic OH excluding ortho intramolecular Hbond substituents is 1. The molecule has 6 heteroatoms. The first-order chi connectivity index (χ1) is 11.5. The summed E-state index contributed by atoms with van der Waals surface area (Å²) in [5.41, 5.74) is -0.0936. The van der Waals surface area contributed by atoms with Crippen LogP contribution in [0.1, 0.15) is 19.1 Å². The van der Waals surface area contributed by atoms with Crippen molar-refractivity contribution in [3.63, 3.8) is 0 Å². The number of rotatable bonds is 4. The molecule has 0 amide bonds. The minimum absolute atomic E-state index is 0.120. The number of methoxy groups -OCH3 is 2. The first kappa shape index (κ1) is 16.0. The molecule has 24 heavy (non-hydrogen) atoms. The number of aromatic hydroxyl groups is 2. The maximum absolute atomic E-state index is 11.9. The normalized spacial score (nSPS) is 11.1. The van der Waals surface area contributed by atoms with Gasteiger partial charge in [0.1, 0.15) is 28.4 Å². The molecule has 3 aromatic rings. The van der Waals surface area contributed by atoms with Gasteiger partial charge in [-0.1, -0.05) is 6.92 Å². The zero-order valence-electron chi connectivity index (χ0n) is 13.7. The van der Waals surface area contributed by atoms with Gasteiger partial charge >= 0.3 is 0 Å². The van der Waals surface area contributed by atoms with Gasteiger partial charge in [0.15, 0.2) is 16.8 Å². The Morgan fingerprint density at radius 1 is 1.08 bits per heavy atom. The largest absolute Gasteiger partial charge is 0.507 e. The molecule has 2 N–H and O–H groups in total. The maximum atomic E-state index is 11.9. The van der Waals surface area contributed by atoms with Gasteiger partial charge in [0.25, 0.3) is 0 Å². The van der Waals surface area contributed by atoms with Crippen molar-refractivity contribution in [2.24, 2.45) is 0 Å². The van der Waals surface area contributed by atoms with Gasteiger partial charge in [-0.3, -0.25) is 4.79 Å². The van der Waals surface area contributed by atoms with E-state index in [-0.39, 0.29) is 44.8 Å². The van der Waals surface area contributed by atoms with Gasteiger partial charge in [-0.2, -0.15) is 0 Å². The van der Waals surface area contributed by atoms with Crippen LogP contribution in [0.3, 0.4) is 0 Å². The second kappa shape index (κ2) is 5.96. The molecule has 126 valence electrons. The van der Waals surface area contributed by atoms with Gasteiger partial charge in [0.2, 0.25) is 0 Å². The molecule has 0 saturated heterocycles. The maximum Gasteiger partial charge on any atom is 0.184 e. The van der Waals surface area contributed by atoms with Crippen molar-refractivity contribution >= 4 is 21.7 Å². The third-order valence-corrected chi connectivity index (χ3v) is 3.93. The number of hydrogen-bond donors (Lipinski definition) is 2. The molecular formula is C18H18O6. The molecule has 0 radical (unpaired) electrons. The van der Waals surface area contributed by atoms with Gasteiger partial charge in [-0.05, 0) is 12.5 Å². The third kappa shape index (κ3) is 2.31. The van der Waals surface area contributed by atoms with E-state index in [9.17, 15) is 15.0 Å². The lowest BCUT2D eigenvalue weighted by atomic mass is 10.0. The number of aryl methyl sites for hydroxylation is 1. The number of fused-ring (bicyclic) bond motifs is 2. The Balaban J connectivity index is 2.58. The lowest BCUT2D eigenvalue weighted by Gasteiger charge is -2.15. The van der Waals surface area contributed by atoms with Crippen LogP contribution in [-0.4, -0.2) is 24.4 Å². The predicted octanol–water partition coefficient (Wildman–Crippen LogP) is 3.33. The van der Waals surface area contributed by atoms with Crippen molar-refractivity contribution < 1.29 is 24.1 Å². The van der Waals surface area contributed by atoms with Crippen molar-refractivity contribution in [2.45, 2.75) is 19.8 Å². The van der Waals surface area contributed by atoms with Crippen molar-refractivity contribution in [3.05, 3.63) is 34.2 Å². The molecule has 1 heterocycles. The molecule has 0 spiro atoms. The second-order valence-electron chi connectivity index (χ2n) is 5.48. The van der Waals surface area contributed by atoms with Crippen LogP contribution in [0.15, 0.2) is 27.4 Å². The molecule has 1 aromatic heterocycles. The highest BCUT2D eigenvalue weighted by molar-refractivity contribution is 6.12. The molecule has 0 saturated carbocycles. The van der Waals surface area contributed by atoms with Crippen LogP contribution in [0, 0.1) is 0 Å².